The number of carbonyl (C=O) groups excluding carboxylic acids is 3. The van der Waals surface area contributed by atoms with Crippen molar-refractivity contribution in [1.29, 1.82) is 0 Å². The number of amides is 2. The summed E-state index contributed by atoms with van der Waals surface area (Å²) in [4.78, 5) is 41.9. The molecule has 0 saturated carbocycles. The maximum Gasteiger partial charge on any atom is 0.409 e. The smallest absolute Gasteiger partial charge is 0.409 e. The van der Waals surface area contributed by atoms with Crippen molar-refractivity contribution in [3.63, 3.8) is 0 Å². The molecule has 8 rings (SSSR count). The summed E-state index contributed by atoms with van der Waals surface area (Å²) in [6.45, 7) is 0.958. The van der Waals surface area contributed by atoms with Crippen LogP contribution in [0.2, 0.25) is 0 Å². The number of hydrogen-bond donors (Lipinski definition) is 2. The minimum absolute atomic E-state index is 0.00156. The van der Waals surface area contributed by atoms with E-state index in [2.05, 4.69) is 22.2 Å². The molecule has 2 heterocycles. The van der Waals surface area contributed by atoms with Crippen LogP contribution >= 0.6 is 0 Å². The summed E-state index contributed by atoms with van der Waals surface area (Å²) in [6.07, 6.45) is 2.43. The van der Waals surface area contributed by atoms with Gasteiger partial charge in [0.2, 0.25) is 15.9 Å². The predicted octanol–water partition coefficient (Wildman–Crippen LogP) is 7.74. The molecular formula is C50H53N3O9S. The van der Waals surface area contributed by atoms with Crippen molar-refractivity contribution in [2.75, 3.05) is 47.1 Å². The molecule has 2 atom stereocenters. The van der Waals surface area contributed by atoms with E-state index in [0.717, 1.165) is 63.3 Å². The number of esters is 1. The van der Waals surface area contributed by atoms with Gasteiger partial charge in [-0.3, -0.25) is 9.59 Å². The lowest BCUT2D eigenvalue weighted by Gasteiger charge is -2.41. The SMILES string of the molecule is COCCCCC1(CNC(=O)C2CC(NS(=O)(=O)c3ccc(CCC(=O)OC)cc3)CN(C(=O)OCC3c4ccccc4-c4ccccc43)C2)c2ccccc2Oc2ccccc21. The molecule has 2 unspecified atom stereocenters. The van der Waals surface area contributed by atoms with E-state index in [1.165, 1.54) is 24.1 Å². The number of para-hydroxylation sites is 2. The Labute approximate surface area is 369 Å². The van der Waals surface area contributed by atoms with Crippen LogP contribution in [-0.2, 0) is 45.7 Å². The van der Waals surface area contributed by atoms with Gasteiger partial charge in [-0.2, -0.15) is 0 Å². The molecule has 0 radical (unpaired) electrons. The van der Waals surface area contributed by atoms with E-state index in [4.69, 9.17) is 18.9 Å². The molecule has 2 amide bonds. The van der Waals surface area contributed by atoms with E-state index in [-0.39, 0.29) is 61.8 Å². The third-order valence-corrected chi connectivity index (χ3v) is 14.1. The number of nitrogens with one attached hydrogen (secondary N) is 2. The molecule has 5 aromatic carbocycles. The number of ether oxygens (including phenoxy) is 4. The number of benzene rings is 5. The van der Waals surface area contributed by atoms with E-state index >= 15 is 0 Å². The molecule has 2 aliphatic heterocycles. The molecule has 13 heteroatoms. The van der Waals surface area contributed by atoms with Crippen LogP contribution in [0.4, 0.5) is 4.79 Å². The molecule has 0 aromatic heterocycles. The van der Waals surface area contributed by atoms with E-state index < -0.39 is 33.5 Å². The average Bonchev–Trinajstić information content (AvgIpc) is 3.63. The Bertz CT molecular complexity index is 2470. The van der Waals surface area contributed by atoms with Crippen molar-refractivity contribution < 1.29 is 41.7 Å². The van der Waals surface area contributed by atoms with Gasteiger partial charge in [0.05, 0.1) is 17.9 Å². The van der Waals surface area contributed by atoms with Crippen molar-refractivity contribution >= 4 is 28.0 Å². The number of rotatable bonds is 16. The van der Waals surface area contributed by atoms with Crippen LogP contribution in [0.5, 0.6) is 11.5 Å². The molecule has 5 aromatic rings. The molecule has 3 aliphatic rings. The quantitative estimate of drug-likeness (QED) is 0.0751. The first-order chi connectivity index (χ1) is 30.6. The summed E-state index contributed by atoms with van der Waals surface area (Å²) < 4.78 is 53.2. The highest BCUT2D eigenvalue weighted by atomic mass is 32.2. The number of sulfonamides is 1. The van der Waals surface area contributed by atoms with Gasteiger partial charge in [0.1, 0.15) is 18.1 Å². The third kappa shape index (κ3) is 9.36. The minimum Gasteiger partial charge on any atom is -0.469 e. The summed E-state index contributed by atoms with van der Waals surface area (Å²) >= 11 is 0. The van der Waals surface area contributed by atoms with Gasteiger partial charge in [-0.25, -0.2) is 17.9 Å². The summed E-state index contributed by atoms with van der Waals surface area (Å²) in [7, 11) is -1.09. The molecule has 0 spiro atoms. The maximum absolute atomic E-state index is 14.6. The summed E-state index contributed by atoms with van der Waals surface area (Å²) in [6, 6.07) is 37.4. The zero-order chi connectivity index (χ0) is 44.0. The molecule has 12 nitrogen and oxygen atoms in total. The van der Waals surface area contributed by atoms with Crippen LogP contribution in [0.15, 0.2) is 126 Å². The Morgan fingerprint density at radius 3 is 2.03 bits per heavy atom. The van der Waals surface area contributed by atoms with Gasteiger partial charge in [-0.15, -0.1) is 0 Å². The molecule has 1 aliphatic carbocycles. The Morgan fingerprint density at radius 2 is 1.40 bits per heavy atom. The van der Waals surface area contributed by atoms with Crippen molar-refractivity contribution in [2.24, 2.45) is 5.92 Å². The first kappa shape index (κ1) is 43.6. The third-order valence-electron chi connectivity index (χ3n) is 12.6. The number of methoxy groups -OCH3 is 2. The minimum atomic E-state index is -4.10. The van der Waals surface area contributed by atoms with Gasteiger partial charge < -0.3 is 29.2 Å². The largest absolute Gasteiger partial charge is 0.469 e. The van der Waals surface area contributed by atoms with Crippen LogP contribution in [-0.4, -0.2) is 84.4 Å². The van der Waals surface area contributed by atoms with E-state index in [0.29, 0.717) is 19.4 Å². The van der Waals surface area contributed by atoms with Gasteiger partial charge in [-0.05, 0) is 84.2 Å². The molecule has 63 heavy (non-hydrogen) atoms. The number of carbonyl (C=O) groups is 3. The van der Waals surface area contributed by atoms with Gasteiger partial charge in [-0.1, -0.05) is 97.1 Å². The maximum atomic E-state index is 14.6. The second kappa shape index (κ2) is 19.2. The van der Waals surface area contributed by atoms with Crippen molar-refractivity contribution in [3.8, 4) is 22.6 Å². The highest BCUT2D eigenvalue weighted by Gasteiger charge is 2.43. The topological polar surface area (TPSA) is 150 Å². The number of hydrogen-bond acceptors (Lipinski definition) is 9. The van der Waals surface area contributed by atoms with Crippen LogP contribution in [0.25, 0.3) is 11.1 Å². The molecule has 2 N–H and O–H groups in total. The fraction of sp³-hybridized carbons (Fsp3) is 0.340. The second-order valence-corrected chi connectivity index (χ2v) is 18.2. The Kier molecular flexibility index (Phi) is 13.3. The molecule has 1 saturated heterocycles. The highest BCUT2D eigenvalue weighted by Crippen LogP contribution is 2.50. The van der Waals surface area contributed by atoms with Crippen LogP contribution in [0.1, 0.15) is 65.8 Å². The fourth-order valence-electron chi connectivity index (χ4n) is 9.45. The molecular weight excluding hydrogens is 819 g/mol. The van der Waals surface area contributed by atoms with Gasteiger partial charge in [0.25, 0.3) is 0 Å². The number of unbranched alkanes of at least 4 members (excludes halogenated alkanes) is 1. The second-order valence-electron chi connectivity index (χ2n) is 16.5. The normalized spacial score (nSPS) is 17.3. The molecule has 1 fully saturated rings. The van der Waals surface area contributed by atoms with E-state index in [9.17, 15) is 22.8 Å². The Hall–Kier alpha value is -6.02. The van der Waals surface area contributed by atoms with Gasteiger partial charge in [0, 0.05) is 68.3 Å². The van der Waals surface area contributed by atoms with Gasteiger partial charge in [0.15, 0.2) is 0 Å². The first-order valence-electron chi connectivity index (χ1n) is 21.5. The van der Waals surface area contributed by atoms with Crippen LogP contribution in [0, 0.1) is 5.92 Å². The lowest BCUT2D eigenvalue weighted by atomic mass is 9.69. The standard InChI is InChI=1S/C50H53N3O9S/c1-59-28-12-11-27-50(43-17-7-9-19-45(43)62-46-20-10-8-18-44(46)50)33-51-48(55)35-29-36(52-63(57,58)37-24-21-34(22-25-37)23-26-47(54)60-2)31-53(30-35)49(56)61-32-42-40-15-5-3-13-38(40)39-14-4-6-16-41(39)42/h3-10,13-22,24-25,35-36,42,52H,11-12,23,26-33H2,1-2H3,(H,51,55). The number of aryl methyl sites for hydroxylation is 1. The zero-order valence-electron chi connectivity index (χ0n) is 35.6. The highest BCUT2D eigenvalue weighted by molar-refractivity contribution is 7.89. The predicted molar refractivity (Wildman–Crippen MR) is 238 cm³/mol. The summed E-state index contributed by atoms with van der Waals surface area (Å²) in [5.74, 6) is -0.165. The zero-order valence-corrected chi connectivity index (χ0v) is 36.4. The number of nitrogens with zero attached hydrogens (tertiary/aromatic N) is 1. The van der Waals surface area contributed by atoms with Crippen molar-refractivity contribution in [1.82, 2.24) is 14.9 Å². The summed E-state index contributed by atoms with van der Waals surface area (Å²) in [5.41, 5.74) is 6.40. The first-order valence-corrected chi connectivity index (χ1v) is 23.0. The Morgan fingerprint density at radius 1 is 0.778 bits per heavy atom. The van der Waals surface area contributed by atoms with Crippen molar-refractivity contribution in [3.05, 3.63) is 149 Å². The Balaban J connectivity index is 1.04. The number of fused-ring (bicyclic) bond motifs is 5. The summed E-state index contributed by atoms with van der Waals surface area (Å²) in [5, 5.41) is 3.27. The van der Waals surface area contributed by atoms with Crippen LogP contribution in [0.3, 0.4) is 0 Å². The number of likely N-dealkylation sites (tertiary alicyclic amines) is 1. The fourth-order valence-corrected chi connectivity index (χ4v) is 10.7. The number of piperidine rings is 1. The van der Waals surface area contributed by atoms with Crippen LogP contribution < -0.4 is 14.8 Å². The molecule has 0 bridgehead atoms. The lowest BCUT2D eigenvalue weighted by Crippen LogP contribution is -2.56. The van der Waals surface area contributed by atoms with E-state index in [1.807, 2.05) is 84.9 Å². The molecule has 328 valence electrons. The van der Waals surface area contributed by atoms with Gasteiger partial charge >= 0.3 is 12.1 Å². The van der Waals surface area contributed by atoms with E-state index in [1.54, 1.807) is 19.2 Å². The average molecular weight is 872 g/mol. The lowest BCUT2D eigenvalue weighted by molar-refractivity contribution is -0.140. The van der Waals surface area contributed by atoms with Crippen molar-refractivity contribution in [2.45, 2.75) is 60.8 Å². The monoisotopic (exact) mass is 871 g/mol.